The van der Waals surface area contributed by atoms with Crippen molar-refractivity contribution in [3.05, 3.63) is 36.3 Å². The average Bonchev–Trinajstić information content (AvgIpc) is 3.17. The van der Waals surface area contributed by atoms with Crippen molar-refractivity contribution >= 4 is 29.9 Å². The standard InChI is InChI=1S/C14H22N6O2.HI/c1-15-14(17-9-13-18-11-19-20(13)2)16-6-4-7-21-10-12-5-3-8-22-12;/h3,5,8,11H,4,6-7,9-10H2,1-2H3,(H2,15,16,17);1H. The van der Waals surface area contributed by atoms with E-state index in [0.29, 0.717) is 19.8 Å². The van der Waals surface area contributed by atoms with Gasteiger partial charge in [0.1, 0.15) is 24.5 Å². The number of hydrogen-bond acceptors (Lipinski definition) is 5. The molecular weight excluding hydrogens is 411 g/mol. The number of nitrogens with zero attached hydrogens (tertiary/aromatic N) is 4. The highest BCUT2D eigenvalue weighted by atomic mass is 127. The molecular formula is C14H23IN6O2. The van der Waals surface area contributed by atoms with Crippen molar-refractivity contribution in [3.8, 4) is 0 Å². The first-order chi connectivity index (χ1) is 10.8. The Balaban J connectivity index is 0.00000264. The Bertz CT molecular complexity index is 570. The van der Waals surface area contributed by atoms with Crippen LogP contribution in [-0.4, -0.2) is 40.9 Å². The van der Waals surface area contributed by atoms with Crippen LogP contribution in [0.2, 0.25) is 0 Å². The molecule has 0 bridgehead atoms. The van der Waals surface area contributed by atoms with Gasteiger partial charge in [0.15, 0.2) is 5.96 Å². The van der Waals surface area contributed by atoms with Gasteiger partial charge < -0.3 is 19.8 Å². The highest BCUT2D eigenvalue weighted by Gasteiger charge is 2.02. The summed E-state index contributed by atoms with van der Waals surface area (Å²) in [6.45, 7) is 2.52. The number of guanidine groups is 1. The molecule has 128 valence electrons. The molecule has 2 aromatic heterocycles. The lowest BCUT2D eigenvalue weighted by Crippen LogP contribution is -2.38. The minimum Gasteiger partial charge on any atom is -0.467 e. The molecule has 0 amide bonds. The first-order valence-corrected chi connectivity index (χ1v) is 7.17. The van der Waals surface area contributed by atoms with E-state index in [-0.39, 0.29) is 24.0 Å². The second-order valence-corrected chi connectivity index (χ2v) is 4.64. The topological polar surface area (TPSA) is 89.5 Å². The molecule has 0 aliphatic heterocycles. The maximum absolute atomic E-state index is 5.51. The minimum atomic E-state index is 0. The summed E-state index contributed by atoms with van der Waals surface area (Å²) in [7, 11) is 3.59. The number of furan rings is 1. The first kappa shape index (κ1) is 19.4. The number of halogens is 1. The molecule has 0 atom stereocenters. The van der Waals surface area contributed by atoms with Gasteiger partial charge in [-0.3, -0.25) is 9.67 Å². The molecule has 0 unspecified atom stereocenters. The summed E-state index contributed by atoms with van der Waals surface area (Å²) in [5.74, 6) is 2.42. The van der Waals surface area contributed by atoms with Gasteiger partial charge in [-0.15, -0.1) is 24.0 Å². The summed E-state index contributed by atoms with van der Waals surface area (Å²) >= 11 is 0. The van der Waals surface area contributed by atoms with Gasteiger partial charge in [-0.25, -0.2) is 4.98 Å². The predicted octanol–water partition coefficient (Wildman–Crippen LogP) is 1.30. The van der Waals surface area contributed by atoms with E-state index in [0.717, 1.165) is 30.5 Å². The average molecular weight is 434 g/mol. The van der Waals surface area contributed by atoms with Crippen molar-refractivity contribution in [2.75, 3.05) is 20.2 Å². The zero-order valence-corrected chi connectivity index (χ0v) is 15.7. The number of aliphatic imine (C=N–C) groups is 1. The molecule has 2 heterocycles. The maximum atomic E-state index is 5.51. The molecule has 0 aliphatic rings. The lowest BCUT2D eigenvalue weighted by Gasteiger charge is -2.11. The van der Waals surface area contributed by atoms with Crippen molar-refractivity contribution in [3.63, 3.8) is 0 Å². The Labute approximate surface area is 152 Å². The van der Waals surface area contributed by atoms with Crippen LogP contribution in [0, 0.1) is 0 Å². The highest BCUT2D eigenvalue weighted by molar-refractivity contribution is 14.0. The molecule has 0 radical (unpaired) electrons. The van der Waals surface area contributed by atoms with Crippen molar-refractivity contribution in [2.24, 2.45) is 12.0 Å². The number of rotatable bonds is 8. The minimum absolute atomic E-state index is 0. The van der Waals surface area contributed by atoms with E-state index in [1.54, 1.807) is 18.0 Å². The number of ether oxygens (including phenoxy) is 1. The Kier molecular flexibility index (Phi) is 9.29. The van der Waals surface area contributed by atoms with Crippen molar-refractivity contribution < 1.29 is 9.15 Å². The van der Waals surface area contributed by atoms with Gasteiger partial charge in [0, 0.05) is 27.2 Å². The molecule has 8 nitrogen and oxygen atoms in total. The quantitative estimate of drug-likeness (QED) is 0.282. The van der Waals surface area contributed by atoms with Crippen LogP contribution >= 0.6 is 24.0 Å². The summed E-state index contributed by atoms with van der Waals surface area (Å²) in [4.78, 5) is 8.30. The second-order valence-electron chi connectivity index (χ2n) is 4.64. The van der Waals surface area contributed by atoms with Gasteiger partial charge in [-0.05, 0) is 18.6 Å². The molecule has 0 fully saturated rings. The fourth-order valence-corrected chi connectivity index (χ4v) is 1.81. The maximum Gasteiger partial charge on any atom is 0.191 e. The van der Waals surface area contributed by atoms with Crippen LogP contribution < -0.4 is 10.6 Å². The van der Waals surface area contributed by atoms with E-state index < -0.39 is 0 Å². The molecule has 0 saturated carbocycles. The zero-order valence-electron chi connectivity index (χ0n) is 13.4. The summed E-state index contributed by atoms with van der Waals surface area (Å²) in [5, 5.41) is 10.4. The third kappa shape index (κ3) is 6.99. The number of aromatic nitrogens is 3. The van der Waals surface area contributed by atoms with Crippen LogP contribution in [0.15, 0.2) is 34.1 Å². The van der Waals surface area contributed by atoms with Crippen LogP contribution in [-0.2, 0) is 24.9 Å². The van der Waals surface area contributed by atoms with Crippen molar-refractivity contribution in [1.82, 2.24) is 25.4 Å². The van der Waals surface area contributed by atoms with E-state index >= 15 is 0 Å². The summed E-state index contributed by atoms with van der Waals surface area (Å²) in [6, 6.07) is 3.75. The molecule has 0 aliphatic carbocycles. The molecule has 0 saturated heterocycles. The molecule has 2 N–H and O–H groups in total. The Hall–Kier alpha value is -1.62. The van der Waals surface area contributed by atoms with E-state index in [1.165, 1.54) is 6.33 Å². The second kappa shape index (κ2) is 11.0. The summed E-state index contributed by atoms with van der Waals surface area (Å²) in [5.41, 5.74) is 0. The monoisotopic (exact) mass is 434 g/mol. The lowest BCUT2D eigenvalue weighted by atomic mass is 10.4. The first-order valence-electron chi connectivity index (χ1n) is 7.17. The van der Waals surface area contributed by atoms with Gasteiger partial charge in [0.25, 0.3) is 0 Å². The summed E-state index contributed by atoms with van der Waals surface area (Å²) < 4.78 is 12.4. The largest absolute Gasteiger partial charge is 0.467 e. The third-order valence-corrected chi connectivity index (χ3v) is 3.03. The Morgan fingerprint density at radius 3 is 2.96 bits per heavy atom. The van der Waals surface area contributed by atoms with Crippen LogP contribution in [0.1, 0.15) is 18.0 Å². The molecule has 2 rings (SSSR count). The fraction of sp³-hybridized carbons (Fsp3) is 0.500. The zero-order chi connectivity index (χ0) is 15.6. The van der Waals surface area contributed by atoms with Crippen LogP contribution in [0.4, 0.5) is 0 Å². The van der Waals surface area contributed by atoms with Crippen molar-refractivity contribution in [1.29, 1.82) is 0 Å². The molecule has 0 aromatic carbocycles. The molecule has 0 spiro atoms. The van der Waals surface area contributed by atoms with E-state index in [4.69, 9.17) is 9.15 Å². The number of nitrogens with one attached hydrogen (secondary N) is 2. The predicted molar refractivity (Wildman–Crippen MR) is 97.6 cm³/mol. The molecule has 2 aromatic rings. The molecule has 9 heteroatoms. The van der Waals surface area contributed by atoms with E-state index in [9.17, 15) is 0 Å². The third-order valence-electron chi connectivity index (χ3n) is 3.03. The summed E-state index contributed by atoms with van der Waals surface area (Å²) in [6.07, 6.45) is 4.06. The van der Waals surface area contributed by atoms with E-state index in [2.05, 4.69) is 25.7 Å². The van der Waals surface area contributed by atoms with Crippen LogP contribution in [0.3, 0.4) is 0 Å². The van der Waals surface area contributed by atoms with E-state index in [1.807, 2.05) is 19.2 Å². The van der Waals surface area contributed by atoms with Crippen LogP contribution in [0.25, 0.3) is 0 Å². The van der Waals surface area contributed by atoms with Gasteiger partial charge in [0.05, 0.1) is 12.8 Å². The smallest absolute Gasteiger partial charge is 0.191 e. The molecule has 23 heavy (non-hydrogen) atoms. The van der Waals surface area contributed by atoms with Gasteiger partial charge in [-0.2, -0.15) is 5.10 Å². The Morgan fingerprint density at radius 2 is 2.30 bits per heavy atom. The Morgan fingerprint density at radius 1 is 1.43 bits per heavy atom. The normalized spacial score (nSPS) is 11.1. The fourth-order valence-electron chi connectivity index (χ4n) is 1.81. The number of hydrogen-bond donors (Lipinski definition) is 2. The van der Waals surface area contributed by atoms with Crippen LogP contribution in [0.5, 0.6) is 0 Å². The lowest BCUT2D eigenvalue weighted by molar-refractivity contribution is 0.105. The highest BCUT2D eigenvalue weighted by Crippen LogP contribution is 2.01. The van der Waals surface area contributed by atoms with Gasteiger partial charge in [-0.1, -0.05) is 0 Å². The SMILES string of the molecule is CN=C(NCCCOCc1ccco1)NCc1ncnn1C.I. The van der Waals surface area contributed by atoms with Gasteiger partial charge in [0.2, 0.25) is 0 Å². The number of aryl methyl sites for hydroxylation is 1. The van der Waals surface area contributed by atoms with Crippen molar-refractivity contribution in [2.45, 2.75) is 19.6 Å². The van der Waals surface area contributed by atoms with Gasteiger partial charge >= 0.3 is 0 Å².